The summed E-state index contributed by atoms with van der Waals surface area (Å²) >= 11 is 0. The third-order valence-electron chi connectivity index (χ3n) is 8.26. The molecule has 1 heterocycles. The fourth-order valence-electron chi connectivity index (χ4n) is 6.71. The van der Waals surface area contributed by atoms with Crippen LogP contribution in [-0.2, 0) is 9.53 Å². The van der Waals surface area contributed by atoms with E-state index in [0.717, 1.165) is 38.5 Å². The lowest BCUT2D eigenvalue weighted by Crippen LogP contribution is -2.51. The number of fused-ring (bicyclic) bond motifs is 5. The maximum absolute atomic E-state index is 12.6. The average molecular weight is 322 g/mol. The Kier molecular flexibility index (Phi) is 3.59. The molecule has 0 amide bonds. The van der Waals surface area contributed by atoms with Crippen molar-refractivity contribution < 1.29 is 19.7 Å². The van der Waals surface area contributed by atoms with E-state index >= 15 is 0 Å². The van der Waals surface area contributed by atoms with E-state index in [2.05, 4.69) is 13.8 Å². The molecular weight excluding hydrogens is 292 g/mol. The van der Waals surface area contributed by atoms with Crippen molar-refractivity contribution >= 4 is 5.97 Å². The van der Waals surface area contributed by atoms with Gasteiger partial charge >= 0.3 is 5.97 Å². The lowest BCUT2D eigenvalue weighted by Gasteiger charge is -2.54. The Morgan fingerprint density at radius 2 is 1.70 bits per heavy atom. The van der Waals surface area contributed by atoms with Crippen molar-refractivity contribution in [1.82, 2.24) is 0 Å². The minimum absolute atomic E-state index is 0.00203. The van der Waals surface area contributed by atoms with Crippen LogP contribution in [0.1, 0.15) is 58.8 Å². The molecule has 23 heavy (non-hydrogen) atoms. The third-order valence-corrected chi connectivity index (χ3v) is 8.26. The zero-order chi connectivity index (χ0) is 16.4. The van der Waals surface area contributed by atoms with E-state index in [1.54, 1.807) is 0 Å². The summed E-state index contributed by atoms with van der Waals surface area (Å²) in [4.78, 5) is 12.6. The average Bonchev–Trinajstić information content (AvgIpc) is 2.77. The fraction of sp³-hybridized carbons (Fsp3) is 0.947. The SMILES string of the molecule is C[C@]12CC[C@H]3[C@@H](COC(=O)C4C[C@H](O)CC[C@@]43C)[C@@H]1CC[C@@H]2O. The standard InChI is InChI=1S/C19H30O4/c1-18-7-5-11(20)9-15(18)17(22)23-10-12-13-3-4-16(21)19(13,2)8-6-14(12)18/h11-16,20-21H,3-10H2,1-2H3/t11-,12+,13+,14+,15?,16+,18-,19+/m1/s1. The van der Waals surface area contributed by atoms with Gasteiger partial charge in [0.15, 0.2) is 0 Å². The highest BCUT2D eigenvalue weighted by Gasteiger charge is 2.61. The molecule has 1 aliphatic heterocycles. The van der Waals surface area contributed by atoms with Crippen LogP contribution in [0.4, 0.5) is 0 Å². The Balaban J connectivity index is 1.70. The van der Waals surface area contributed by atoms with Gasteiger partial charge in [-0.05, 0) is 73.5 Å². The number of carbonyl (C=O) groups is 1. The molecular formula is C19H30O4. The second-order valence-corrected chi connectivity index (χ2v) is 9.13. The van der Waals surface area contributed by atoms with Crippen molar-refractivity contribution in [2.24, 2.45) is 34.5 Å². The van der Waals surface area contributed by atoms with Gasteiger partial charge in [-0.15, -0.1) is 0 Å². The van der Waals surface area contributed by atoms with Crippen LogP contribution in [0.3, 0.4) is 0 Å². The van der Waals surface area contributed by atoms with Crippen molar-refractivity contribution in [3.05, 3.63) is 0 Å². The monoisotopic (exact) mass is 322 g/mol. The molecule has 0 aromatic heterocycles. The number of rotatable bonds is 0. The van der Waals surface area contributed by atoms with Gasteiger partial charge < -0.3 is 14.9 Å². The number of esters is 1. The molecule has 1 saturated heterocycles. The molecule has 130 valence electrons. The summed E-state index contributed by atoms with van der Waals surface area (Å²) in [5.41, 5.74) is -0.0513. The molecule has 4 aliphatic rings. The molecule has 0 bridgehead atoms. The minimum Gasteiger partial charge on any atom is -0.465 e. The van der Waals surface area contributed by atoms with Crippen LogP contribution < -0.4 is 0 Å². The highest BCUT2D eigenvalue weighted by atomic mass is 16.5. The number of hydrogen-bond acceptors (Lipinski definition) is 4. The van der Waals surface area contributed by atoms with Crippen molar-refractivity contribution in [2.45, 2.75) is 71.0 Å². The number of ether oxygens (including phenoxy) is 1. The molecule has 4 fully saturated rings. The highest BCUT2D eigenvalue weighted by Crippen LogP contribution is 2.63. The number of carbonyl (C=O) groups excluding carboxylic acids is 1. The lowest BCUT2D eigenvalue weighted by atomic mass is 9.50. The van der Waals surface area contributed by atoms with E-state index in [1.807, 2.05) is 0 Å². The van der Waals surface area contributed by atoms with Crippen molar-refractivity contribution in [2.75, 3.05) is 6.61 Å². The quantitative estimate of drug-likeness (QED) is 0.673. The van der Waals surface area contributed by atoms with Crippen LogP contribution in [0.25, 0.3) is 0 Å². The van der Waals surface area contributed by atoms with Crippen molar-refractivity contribution in [1.29, 1.82) is 0 Å². The number of aliphatic hydroxyl groups excluding tert-OH is 2. The van der Waals surface area contributed by atoms with Crippen LogP contribution in [0.2, 0.25) is 0 Å². The Bertz CT molecular complexity index is 506. The van der Waals surface area contributed by atoms with Gasteiger partial charge in [0.2, 0.25) is 0 Å². The Morgan fingerprint density at radius 3 is 2.48 bits per heavy atom. The molecule has 0 radical (unpaired) electrons. The molecule has 8 atom stereocenters. The Hall–Kier alpha value is -0.610. The van der Waals surface area contributed by atoms with Gasteiger partial charge in [0.05, 0.1) is 24.7 Å². The maximum atomic E-state index is 12.6. The summed E-state index contributed by atoms with van der Waals surface area (Å²) < 4.78 is 5.71. The predicted molar refractivity (Wildman–Crippen MR) is 85.5 cm³/mol. The van der Waals surface area contributed by atoms with Crippen LogP contribution in [0.5, 0.6) is 0 Å². The van der Waals surface area contributed by atoms with Crippen LogP contribution in [0.15, 0.2) is 0 Å². The molecule has 4 nitrogen and oxygen atoms in total. The predicted octanol–water partition coefficient (Wildman–Crippen LogP) is 2.51. The zero-order valence-corrected chi connectivity index (χ0v) is 14.3. The molecule has 1 unspecified atom stereocenters. The maximum Gasteiger partial charge on any atom is 0.309 e. The Morgan fingerprint density at radius 1 is 1.00 bits per heavy atom. The molecule has 0 aromatic rings. The van der Waals surface area contributed by atoms with Gasteiger partial charge in [0, 0.05) is 0 Å². The van der Waals surface area contributed by atoms with Crippen LogP contribution in [0, 0.1) is 34.5 Å². The number of aliphatic hydroxyl groups is 2. The van der Waals surface area contributed by atoms with E-state index in [-0.39, 0.29) is 34.9 Å². The topological polar surface area (TPSA) is 66.8 Å². The summed E-state index contributed by atoms with van der Waals surface area (Å²) in [5.74, 6) is 1.07. The number of cyclic esters (lactones) is 1. The summed E-state index contributed by atoms with van der Waals surface area (Å²) in [6.45, 7) is 5.02. The second-order valence-electron chi connectivity index (χ2n) is 9.13. The van der Waals surface area contributed by atoms with Crippen molar-refractivity contribution in [3.8, 4) is 0 Å². The van der Waals surface area contributed by atoms with Gasteiger partial charge in [0.1, 0.15) is 0 Å². The van der Waals surface area contributed by atoms with E-state index in [0.29, 0.717) is 30.8 Å². The van der Waals surface area contributed by atoms with Gasteiger partial charge in [-0.3, -0.25) is 4.79 Å². The summed E-state index contributed by atoms with van der Waals surface area (Å²) in [5, 5.41) is 20.5. The van der Waals surface area contributed by atoms with E-state index < -0.39 is 0 Å². The third kappa shape index (κ3) is 2.13. The molecule has 4 rings (SSSR count). The van der Waals surface area contributed by atoms with Crippen LogP contribution in [-0.4, -0.2) is 35.0 Å². The first-order valence-electron chi connectivity index (χ1n) is 9.39. The summed E-state index contributed by atoms with van der Waals surface area (Å²) in [6.07, 6.45) is 5.78. The first-order chi connectivity index (χ1) is 10.9. The van der Waals surface area contributed by atoms with Crippen LogP contribution >= 0.6 is 0 Å². The fourth-order valence-corrected chi connectivity index (χ4v) is 6.71. The van der Waals surface area contributed by atoms with Crippen molar-refractivity contribution in [3.63, 3.8) is 0 Å². The first kappa shape index (κ1) is 15.9. The smallest absolute Gasteiger partial charge is 0.309 e. The zero-order valence-electron chi connectivity index (χ0n) is 14.3. The van der Waals surface area contributed by atoms with Gasteiger partial charge in [0.25, 0.3) is 0 Å². The Labute approximate surface area is 138 Å². The second kappa shape index (κ2) is 5.19. The highest BCUT2D eigenvalue weighted by molar-refractivity contribution is 5.74. The molecule has 3 saturated carbocycles. The minimum atomic E-state index is -0.362. The van der Waals surface area contributed by atoms with E-state index in [1.165, 1.54) is 0 Å². The first-order valence-corrected chi connectivity index (χ1v) is 9.39. The molecule has 2 N–H and O–H groups in total. The normalized spacial score (nSPS) is 56.1. The molecule has 0 spiro atoms. The lowest BCUT2D eigenvalue weighted by molar-refractivity contribution is -0.155. The number of hydrogen-bond donors (Lipinski definition) is 2. The van der Waals surface area contributed by atoms with E-state index in [4.69, 9.17) is 4.74 Å². The molecule has 4 heteroatoms. The molecule has 3 aliphatic carbocycles. The summed E-state index contributed by atoms with van der Waals surface area (Å²) in [6, 6.07) is 0. The molecule has 0 aromatic carbocycles. The van der Waals surface area contributed by atoms with Gasteiger partial charge in [-0.2, -0.15) is 0 Å². The summed E-state index contributed by atoms with van der Waals surface area (Å²) in [7, 11) is 0. The van der Waals surface area contributed by atoms with Gasteiger partial charge in [-0.1, -0.05) is 13.8 Å². The van der Waals surface area contributed by atoms with E-state index in [9.17, 15) is 15.0 Å². The largest absolute Gasteiger partial charge is 0.465 e. The van der Waals surface area contributed by atoms with Gasteiger partial charge in [-0.25, -0.2) is 0 Å².